The molecule has 3 heteroatoms. The molecule has 1 amide bonds. The molecule has 0 atom stereocenters. The molecule has 0 aliphatic heterocycles. The average molecular weight is 176 g/mol. The van der Waals surface area contributed by atoms with Crippen molar-refractivity contribution in [1.82, 2.24) is 0 Å². The maximum absolute atomic E-state index is 10.6. The number of nitrogens with one attached hydrogen (secondary N) is 1. The first-order valence-corrected chi connectivity index (χ1v) is 4.02. The van der Waals surface area contributed by atoms with E-state index in [2.05, 4.69) is 0 Å². The molecule has 3 N–H and O–H groups in total. The van der Waals surface area contributed by atoms with Gasteiger partial charge in [0.05, 0.1) is 0 Å². The van der Waals surface area contributed by atoms with Crippen LogP contribution in [-0.2, 0) is 11.2 Å². The number of rotatable bonds is 3. The zero-order chi connectivity index (χ0) is 9.84. The third-order valence-electron chi connectivity index (χ3n) is 1.80. The lowest BCUT2D eigenvalue weighted by Gasteiger charge is -2.00. The summed E-state index contributed by atoms with van der Waals surface area (Å²) >= 11 is 0. The van der Waals surface area contributed by atoms with Crippen molar-refractivity contribution < 1.29 is 4.79 Å². The first-order valence-electron chi connectivity index (χ1n) is 4.02. The molecule has 1 rings (SSSR count). The summed E-state index contributed by atoms with van der Waals surface area (Å²) in [6, 6.07) is 7.69. The van der Waals surface area contributed by atoms with Gasteiger partial charge in [-0.25, -0.2) is 0 Å². The number of hydrogen-bond donors (Lipinski definition) is 2. The molecule has 0 bridgehead atoms. The molecule has 3 nitrogen and oxygen atoms in total. The van der Waals surface area contributed by atoms with E-state index in [1.807, 2.05) is 31.2 Å². The summed E-state index contributed by atoms with van der Waals surface area (Å²) in [5.41, 5.74) is 7.00. The minimum absolute atomic E-state index is 0.0520. The van der Waals surface area contributed by atoms with Gasteiger partial charge in [-0.3, -0.25) is 10.2 Å². The summed E-state index contributed by atoms with van der Waals surface area (Å²) in [6.45, 7) is 1.99. The summed E-state index contributed by atoms with van der Waals surface area (Å²) < 4.78 is 0. The SMILES string of the molecule is Cc1ccc(CC(=N)C(N)=O)cc1. The van der Waals surface area contributed by atoms with Crippen molar-refractivity contribution in [1.29, 1.82) is 5.41 Å². The summed E-state index contributed by atoms with van der Waals surface area (Å²) in [4.78, 5) is 10.6. The van der Waals surface area contributed by atoms with Gasteiger partial charge in [0.1, 0.15) is 5.71 Å². The number of aryl methyl sites for hydroxylation is 1. The van der Waals surface area contributed by atoms with E-state index in [9.17, 15) is 4.79 Å². The largest absolute Gasteiger partial charge is 0.365 e. The Morgan fingerprint density at radius 2 is 1.92 bits per heavy atom. The highest BCUT2D eigenvalue weighted by Crippen LogP contribution is 2.03. The molecule has 0 saturated carbocycles. The van der Waals surface area contributed by atoms with Crippen molar-refractivity contribution in [2.75, 3.05) is 0 Å². The third-order valence-corrected chi connectivity index (χ3v) is 1.80. The van der Waals surface area contributed by atoms with Gasteiger partial charge in [-0.15, -0.1) is 0 Å². The quantitative estimate of drug-likeness (QED) is 0.664. The van der Waals surface area contributed by atoms with Crippen LogP contribution in [0.2, 0.25) is 0 Å². The normalized spacial score (nSPS) is 9.62. The molecule has 0 aromatic heterocycles. The van der Waals surface area contributed by atoms with Crippen LogP contribution in [0.25, 0.3) is 0 Å². The van der Waals surface area contributed by atoms with Crippen LogP contribution in [0, 0.1) is 12.3 Å². The monoisotopic (exact) mass is 176 g/mol. The zero-order valence-corrected chi connectivity index (χ0v) is 7.50. The molecule has 0 saturated heterocycles. The van der Waals surface area contributed by atoms with Gasteiger partial charge in [0.15, 0.2) is 0 Å². The van der Waals surface area contributed by atoms with E-state index < -0.39 is 5.91 Å². The molecule has 0 spiro atoms. The maximum Gasteiger partial charge on any atom is 0.262 e. The fourth-order valence-corrected chi connectivity index (χ4v) is 0.997. The lowest BCUT2D eigenvalue weighted by molar-refractivity contribution is -0.112. The van der Waals surface area contributed by atoms with Crippen LogP contribution in [0.15, 0.2) is 24.3 Å². The number of primary amides is 1. The third kappa shape index (κ3) is 2.71. The van der Waals surface area contributed by atoms with E-state index in [1.165, 1.54) is 0 Å². The van der Waals surface area contributed by atoms with E-state index in [-0.39, 0.29) is 5.71 Å². The summed E-state index contributed by atoms with van der Waals surface area (Å²) in [7, 11) is 0. The number of carbonyl (C=O) groups is 1. The second-order valence-corrected chi connectivity index (χ2v) is 3.01. The van der Waals surface area contributed by atoms with Crippen molar-refractivity contribution in [3.05, 3.63) is 35.4 Å². The van der Waals surface area contributed by atoms with Crippen LogP contribution in [-0.4, -0.2) is 11.6 Å². The molecule has 0 aliphatic rings. The molecule has 13 heavy (non-hydrogen) atoms. The van der Waals surface area contributed by atoms with E-state index in [4.69, 9.17) is 11.1 Å². The van der Waals surface area contributed by atoms with Crippen molar-refractivity contribution in [3.8, 4) is 0 Å². The number of benzene rings is 1. The molecule has 1 aromatic rings. The lowest BCUT2D eigenvalue weighted by Crippen LogP contribution is -2.23. The Labute approximate surface area is 77.1 Å². The molecule has 1 aromatic carbocycles. The average Bonchev–Trinajstić information content (AvgIpc) is 2.08. The second kappa shape index (κ2) is 3.85. The minimum atomic E-state index is -0.652. The Kier molecular flexibility index (Phi) is 2.80. The number of amides is 1. The smallest absolute Gasteiger partial charge is 0.262 e. The van der Waals surface area contributed by atoms with E-state index in [0.717, 1.165) is 11.1 Å². The summed E-state index contributed by atoms with van der Waals surface area (Å²) in [5.74, 6) is -0.652. The van der Waals surface area contributed by atoms with Gasteiger partial charge in [-0.05, 0) is 12.5 Å². The molecule has 0 heterocycles. The van der Waals surface area contributed by atoms with Crippen LogP contribution in [0.1, 0.15) is 11.1 Å². The molecular formula is C10H12N2O. The standard InChI is InChI=1S/C10H12N2O/c1-7-2-4-8(5-3-7)6-9(11)10(12)13/h2-5,11H,6H2,1H3,(H2,12,13). The first kappa shape index (κ1) is 9.45. The van der Waals surface area contributed by atoms with E-state index >= 15 is 0 Å². The van der Waals surface area contributed by atoms with Crippen LogP contribution in [0.3, 0.4) is 0 Å². The minimum Gasteiger partial charge on any atom is -0.365 e. The van der Waals surface area contributed by atoms with Crippen LogP contribution in [0.5, 0.6) is 0 Å². The first-order chi connectivity index (χ1) is 6.09. The van der Waals surface area contributed by atoms with Crippen molar-refractivity contribution in [2.45, 2.75) is 13.3 Å². The molecule has 0 aliphatic carbocycles. The van der Waals surface area contributed by atoms with Crippen LogP contribution in [0.4, 0.5) is 0 Å². The Hall–Kier alpha value is -1.64. The zero-order valence-electron chi connectivity index (χ0n) is 7.50. The fraction of sp³-hybridized carbons (Fsp3) is 0.200. The van der Waals surface area contributed by atoms with Gasteiger partial charge in [0.25, 0.3) is 5.91 Å². The highest BCUT2D eigenvalue weighted by molar-refractivity contribution is 6.37. The van der Waals surface area contributed by atoms with Crippen LogP contribution >= 0.6 is 0 Å². The second-order valence-electron chi connectivity index (χ2n) is 3.01. The Morgan fingerprint density at radius 3 is 2.38 bits per heavy atom. The molecular weight excluding hydrogens is 164 g/mol. The van der Waals surface area contributed by atoms with Gasteiger partial charge >= 0.3 is 0 Å². The number of nitrogens with two attached hydrogens (primary N) is 1. The Balaban J connectivity index is 2.70. The van der Waals surface area contributed by atoms with Crippen molar-refractivity contribution >= 4 is 11.6 Å². The highest BCUT2D eigenvalue weighted by atomic mass is 16.1. The number of carbonyl (C=O) groups excluding carboxylic acids is 1. The van der Waals surface area contributed by atoms with Gasteiger partial charge in [-0.2, -0.15) is 0 Å². The maximum atomic E-state index is 10.6. The Bertz CT molecular complexity index is 327. The fourth-order valence-electron chi connectivity index (χ4n) is 0.997. The lowest BCUT2D eigenvalue weighted by atomic mass is 10.1. The van der Waals surface area contributed by atoms with Gasteiger partial charge in [0.2, 0.25) is 0 Å². The summed E-state index contributed by atoms with van der Waals surface area (Å²) in [5, 5.41) is 7.26. The van der Waals surface area contributed by atoms with Crippen LogP contribution < -0.4 is 5.73 Å². The predicted molar refractivity (Wildman–Crippen MR) is 51.8 cm³/mol. The van der Waals surface area contributed by atoms with E-state index in [0.29, 0.717) is 6.42 Å². The molecule has 0 fully saturated rings. The van der Waals surface area contributed by atoms with Crippen molar-refractivity contribution in [2.24, 2.45) is 5.73 Å². The van der Waals surface area contributed by atoms with Gasteiger partial charge < -0.3 is 5.73 Å². The molecule has 68 valence electrons. The van der Waals surface area contributed by atoms with E-state index in [1.54, 1.807) is 0 Å². The number of hydrogen-bond acceptors (Lipinski definition) is 2. The van der Waals surface area contributed by atoms with Gasteiger partial charge in [0, 0.05) is 6.42 Å². The topological polar surface area (TPSA) is 66.9 Å². The molecule has 0 radical (unpaired) electrons. The highest BCUT2D eigenvalue weighted by Gasteiger charge is 2.04. The van der Waals surface area contributed by atoms with Gasteiger partial charge in [-0.1, -0.05) is 29.8 Å². The predicted octanol–water partition coefficient (Wildman–Crippen LogP) is 1.04. The molecule has 0 unspecified atom stereocenters. The van der Waals surface area contributed by atoms with Crippen molar-refractivity contribution in [3.63, 3.8) is 0 Å². The summed E-state index contributed by atoms with van der Waals surface area (Å²) in [6.07, 6.45) is 0.315. The Morgan fingerprint density at radius 1 is 1.38 bits per heavy atom.